The molecule has 0 unspecified atom stereocenters. The summed E-state index contributed by atoms with van der Waals surface area (Å²) >= 11 is 0. The molecule has 63 heavy (non-hydrogen) atoms. The Morgan fingerprint density at radius 1 is 0.349 bits per heavy atom. The lowest BCUT2D eigenvalue weighted by Crippen LogP contribution is -2.14. The van der Waals surface area contributed by atoms with E-state index in [-0.39, 0.29) is 5.41 Å². The molecule has 9 aromatic carbocycles. The maximum absolute atomic E-state index is 6.06. The van der Waals surface area contributed by atoms with E-state index >= 15 is 0 Å². The van der Waals surface area contributed by atoms with Crippen molar-refractivity contribution in [2.75, 3.05) is 0 Å². The lowest BCUT2D eigenvalue weighted by molar-refractivity contribution is 0.584. The van der Waals surface area contributed by atoms with Gasteiger partial charge < -0.3 is 8.98 Å². The first-order valence-electron chi connectivity index (χ1n) is 21.6. The third kappa shape index (κ3) is 6.06. The lowest BCUT2D eigenvalue weighted by atomic mass is 9.81. The minimum atomic E-state index is -0.0451. The van der Waals surface area contributed by atoms with E-state index in [1.165, 1.54) is 71.9 Å². The second-order valence-corrected chi connectivity index (χ2v) is 17.0. The Morgan fingerprint density at radius 2 is 0.825 bits per heavy atom. The number of nitrogens with zero attached hydrogens (tertiary/aromatic N) is 3. The van der Waals surface area contributed by atoms with Crippen molar-refractivity contribution in [2.24, 2.45) is 0 Å². The SMILES string of the molecule is CC1(C)c2ccccc2-c2ccc(-c3ccc4c(c3)c3ccccc3n4-c3ccc(-c4ccccc4-c4ccccc4-c4ccc(-c5nnc(-c6ccccc6)o5)cc4)cc3)cc21. The monoisotopic (exact) mass is 807 g/mol. The van der Waals surface area contributed by atoms with Crippen LogP contribution in [0.25, 0.3) is 106 Å². The molecule has 0 spiro atoms. The van der Waals surface area contributed by atoms with Gasteiger partial charge in [0.05, 0.1) is 11.0 Å². The maximum Gasteiger partial charge on any atom is 0.248 e. The van der Waals surface area contributed by atoms with Crippen LogP contribution in [0.2, 0.25) is 0 Å². The van der Waals surface area contributed by atoms with Crippen molar-refractivity contribution in [1.29, 1.82) is 0 Å². The summed E-state index contributed by atoms with van der Waals surface area (Å²) in [6.45, 7) is 4.70. The Kier molecular flexibility index (Phi) is 8.48. The second kappa shape index (κ2) is 14.5. The van der Waals surface area contributed by atoms with Crippen molar-refractivity contribution in [3.05, 3.63) is 223 Å². The first kappa shape index (κ1) is 36.7. The van der Waals surface area contributed by atoms with Gasteiger partial charge in [-0.3, -0.25) is 0 Å². The van der Waals surface area contributed by atoms with Crippen LogP contribution in [0.4, 0.5) is 0 Å². The highest BCUT2D eigenvalue weighted by Crippen LogP contribution is 2.50. The van der Waals surface area contributed by atoms with Crippen LogP contribution in [0, 0.1) is 0 Å². The molecule has 0 saturated carbocycles. The van der Waals surface area contributed by atoms with E-state index in [0.717, 1.165) is 33.5 Å². The van der Waals surface area contributed by atoms with Crippen LogP contribution < -0.4 is 0 Å². The van der Waals surface area contributed by atoms with Crippen molar-refractivity contribution in [3.63, 3.8) is 0 Å². The van der Waals surface area contributed by atoms with Gasteiger partial charge in [-0.25, -0.2) is 0 Å². The zero-order valence-corrected chi connectivity index (χ0v) is 35.0. The fraction of sp³-hybridized carbons (Fsp3) is 0.0508. The van der Waals surface area contributed by atoms with Gasteiger partial charge in [0.25, 0.3) is 0 Å². The molecule has 0 bridgehead atoms. The van der Waals surface area contributed by atoms with Gasteiger partial charge in [0, 0.05) is 33.0 Å². The Bertz CT molecular complexity index is 3520. The van der Waals surface area contributed by atoms with E-state index in [9.17, 15) is 0 Å². The van der Waals surface area contributed by atoms with Gasteiger partial charge >= 0.3 is 0 Å². The molecule has 0 N–H and O–H groups in total. The van der Waals surface area contributed by atoms with Crippen LogP contribution in [0.15, 0.2) is 217 Å². The zero-order valence-electron chi connectivity index (χ0n) is 35.0. The van der Waals surface area contributed by atoms with Crippen LogP contribution in [0.3, 0.4) is 0 Å². The van der Waals surface area contributed by atoms with Crippen LogP contribution in [-0.2, 0) is 5.41 Å². The maximum atomic E-state index is 6.06. The summed E-state index contributed by atoms with van der Waals surface area (Å²) in [5, 5.41) is 11.1. The summed E-state index contributed by atoms with van der Waals surface area (Å²) in [5.41, 5.74) is 20.2. The second-order valence-electron chi connectivity index (χ2n) is 17.0. The van der Waals surface area contributed by atoms with Gasteiger partial charge in [-0.15, -0.1) is 10.2 Å². The van der Waals surface area contributed by atoms with E-state index in [1.807, 2.05) is 30.3 Å². The molecule has 298 valence electrons. The molecular weight excluding hydrogens is 767 g/mol. The van der Waals surface area contributed by atoms with Crippen LogP contribution in [-0.4, -0.2) is 14.8 Å². The van der Waals surface area contributed by atoms with E-state index < -0.39 is 0 Å². The first-order chi connectivity index (χ1) is 31.0. The predicted octanol–water partition coefficient (Wildman–Crippen LogP) is 15.5. The Balaban J connectivity index is 0.873. The van der Waals surface area contributed by atoms with Crippen molar-refractivity contribution < 1.29 is 4.42 Å². The number of hydrogen-bond donors (Lipinski definition) is 0. The van der Waals surface area contributed by atoms with E-state index in [2.05, 4.69) is 211 Å². The Hall–Kier alpha value is -8.08. The third-order valence-electron chi connectivity index (χ3n) is 13.1. The van der Waals surface area contributed by atoms with Crippen LogP contribution >= 0.6 is 0 Å². The molecule has 0 radical (unpaired) electrons. The van der Waals surface area contributed by atoms with Gasteiger partial charge in [0.2, 0.25) is 11.8 Å². The summed E-state index contributed by atoms with van der Waals surface area (Å²) in [6.07, 6.45) is 0. The van der Waals surface area contributed by atoms with Gasteiger partial charge in [-0.1, -0.05) is 166 Å². The van der Waals surface area contributed by atoms with Crippen molar-refractivity contribution in [2.45, 2.75) is 19.3 Å². The highest BCUT2D eigenvalue weighted by molar-refractivity contribution is 6.10. The van der Waals surface area contributed by atoms with Crippen molar-refractivity contribution in [3.8, 4) is 84.2 Å². The Morgan fingerprint density at radius 3 is 1.52 bits per heavy atom. The van der Waals surface area contributed by atoms with Gasteiger partial charge in [-0.05, 0) is 127 Å². The summed E-state index contributed by atoms with van der Waals surface area (Å²) < 4.78 is 8.46. The number of para-hydroxylation sites is 1. The minimum Gasteiger partial charge on any atom is -0.416 e. The van der Waals surface area contributed by atoms with Gasteiger partial charge in [0.15, 0.2) is 0 Å². The van der Waals surface area contributed by atoms with Crippen molar-refractivity contribution in [1.82, 2.24) is 14.8 Å². The fourth-order valence-electron chi connectivity index (χ4n) is 9.87. The van der Waals surface area contributed by atoms with Gasteiger partial charge in [0.1, 0.15) is 0 Å². The third-order valence-corrected chi connectivity index (χ3v) is 13.1. The highest BCUT2D eigenvalue weighted by atomic mass is 16.4. The topological polar surface area (TPSA) is 43.9 Å². The molecule has 0 atom stereocenters. The average molecular weight is 808 g/mol. The summed E-state index contributed by atoms with van der Waals surface area (Å²) in [4.78, 5) is 0. The number of aromatic nitrogens is 3. The molecule has 0 amide bonds. The number of benzene rings is 9. The molecule has 11 aromatic rings. The predicted molar refractivity (Wildman–Crippen MR) is 259 cm³/mol. The molecular formula is C59H41N3O. The lowest BCUT2D eigenvalue weighted by Gasteiger charge is -2.22. The Labute approximate surface area is 366 Å². The number of rotatable bonds is 7. The van der Waals surface area contributed by atoms with E-state index in [1.54, 1.807) is 0 Å². The number of fused-ring (bicyclic) bond motifs is 6. The molecule has 12 rings (SSSR count). The quantitative estimate of drug-likeness (QED) is 0.161. The summed E-state index contributed by atoms with van der Waals surface area (Å²) in [7, 11) is 0. The molecule has 4 nitrogen and oxygen atoms in total. The molecule has 2 aromatic heterocycles. The van der Waals surface area contributed by atoms with E-state index in [4.69, 9.17) is 4.42 Å². The zero-order chi connectivity index (χ0) is 42.1. The molecule has 2 heterocycles. The molecule has 0 fully saturated rings. The average Bonchev–Trinajstić information content (AvgIpc) is 4.04. The first-order valence-corrected chi connectivity index (χ1v) is 21.6. The van der Waals surface area contributed by atoms with Crippen LogP contribution in [0.5, 0.6) is 0 Å². The fourth-order valence-corrected chi connectivity index (χ4v) is 9.87. The highest BCUT2D eigenvalue weighted by Gasteiger charge is 2.35. The van der Waals surface area contributed by atoms with E-state index in [0.29, 0.717) is 11.8 Å². The van der Waals surface area contributed by atoms with Gasteiger partial charge in [-0.2, -0.15) is 0 Å². The smallest absolute Gasteiger partial charge is 0.248 e. The largest absolute Gasteiger partial charge is 0.416 e. The molecule has 4 heteroatoms. The molecule has 0 aliphatic heterocycles. The number of hydrogen-bond acceptors (Lipinski definition) is 3. The molecule has 1 aliphatic carbocycles. The summed E-state index contributed by atoms with van der Waals surface area (Å²) in [6, 6.07) is 76.3. The molecule has 0 saturated heterocycles. The molecule has 1 aliphatic rings. The normalized spacial score (nSPS) is 12.7. The van der Waals surface area contributed by atoms with Crippen LogP contribution in [0.1, 0.15) is 25.0 Å². The van der Waals surface area contributed by atoms with Crippen molar-refractivity contribution >= 4 is 21.8 Å². The standard InChI is InChI=1S/C59H41N3O/c1-59(2)53-22-12-10-20-49(53)50-34-30-43(37-54(50)59)42-31-35-56-52(36-42)51-21-11-13-23-55(51)62(56)44-32-28-39(29-33-44)46-17-7-9-19-48(46)47-18-8-6-16-45(47)38-24-26-41(27-25-38)58-61-60-57(63-58)40-14-4-3-5-15-40/h3-37H,1-2H3. The minimum absolute atomic E-state index is 0.0451. The summed E-state index contributed by atoms with van der Waals surface area (Å²) in [5.74, 6) is 1.01.